The average molecular weight is 213 g/mol. The summed E-state index contributed by atoms with van der Waals surface area (Å²) < 4.78 is 5.19. The van der Waals surface area contributed by atoms with E-state index >= 15 is 0 Å². The van der Waals surface area contributed by atoms with E-state index in [9.17, 15) is 10.1 Å². The summed E-state index contributed by atoms with van der Waals surface area (Å²) in [6.45, 7) is 0. The molecule has 0 fully saturated rings. The van der Waals surface area contributed by atoms with Crippen LogP contribution < -0.4 is 0 Å². The standard InChI is InChI=1S/C8H5ClN2O3/c9-4-8-10-6-3-5(11(12)13)1-2-7(6)14-8/h1-3H,4H2. The highest BCUT2D eigenvalue weighted by atomic mass is 35.5. The maximum atomic E-state index is 10.4. The molecule has 0 spiro atoms. The van der Waals surface area contributed by atoms with Gasteiger partial charge in [0, 0.05) is 12.1 Å². The fourth-order valence-corrected chi connectivity index (χ4v) is 1.25. The number of nitro benzene ring substituents is 1. The molecule has 0 bridgehead atoms. The Morgan fingerprint density at radius 2 is 2.36 bits per heavy atom. The molecule has 2 rings (SSSR count). The molecule has 0 aliphatic carbocycles. The lowest BCUT2D eigenvalue weighted by Gasteiger charge is -1.88. The van der Waals surface area contributed by atoms with Gasteiger partial charge in [-0.2, -0.15) is 0 Å². The highest BCUT2D eigenvalue weighted by Gasteiger charge is 2.10. The Bertz CT molecular complexity index is 494. The van der Waals surface area contributed by atoms with E-state index in [1.54, 1.807) is 0 Å². The number of hydrogen-bond acceptors (Lipinski definition) is 4. The van der Waals surface area contributed by atoms with Crippen LogP contribution in [0, 0.1) is 10.1 Å². The molecule has 5 nitrogen and oxygen atoms in total. The van der Waals surface area contributed by atoms with Gasteiger partial charge in [-0.05, 0) is 6.07 Å². The lowest BCUT2D eigenvalue weighted by molar-refractivity contribution is -0.384. The second-order valence-corrected chi connectivity index (χ2v) is 2.92. The van der Waals surface area contributed by atoms with Crippen LogP contribution in [0.2, 0.25) is 0 Å². The van der Waals surface area contributed by atoms with Gasteiger partial charge in [-0.15, -0.1) is 11.6 Å². The topological polar surface area (TPSA) is 69.2 Å². The Kier molecular flexibility index (Phi) is 2.09. The van der Waals surface area contributed by atoms with Crippen LogP contribution in [0.5, 0.6) is 0 Å². The molecule has 0 aliphatic heterocycles. The van der Waals surface area contributed by atoms with Gasteiger partial charge < -0.3 is 4.42 Å². The first kappa shape index (κ1) is 8.96. The zero-order chi connectivity index (χ0) is 10.1. The van der Waals surface area contributed by atoms with Gasteiger partial charge in [-0.25, -0.2) is 4.98 Å². The summed E-state index contributed by atoms with van der Waals surface area (Å²) in [4.78, 5) is 13.9. The summed E-state index contributed by atoms with van der Waals surface area (Å²) in [5.41, 5.74) is 0.952. The van der Waals surface area contributed by atoms with E-state index in [0.717, 1.165) is 0 Å². The Hall–Kier alpha value is -1.62. The Labute approximate surface area is 83.4 Å². The summed E-state index contributed by atoms with van der Waals surface area (Å²) >= 11 is 5.51. The molecule has 1 aromatic heterocycles. The molecule has 0 atom stereocenters. The van der Waals surface area contributed by atoms with E-state index in [-0.39, 0.29) is 11.6 Å². The van der Waals surface area contributed by atoms with Gasteiger partial charge in [-0.3, -0.25) is 10.1 Å². The SMILES string of the molecule is O=[N+]([O-])c1ccc2oc(CCl)nc2c1. The molecule has 0 radical (unpaired) electrons. The number of non-ortho nitro benzene ring substituents is 1. The number of hydrogen-bond donors (Lipinski definition) is 0. The van der Waals surface area contributed by atoms with Crippen molar-refractivity contribution in [2.24, 2.45) is 0 Å². The minimum absolute atomic E-state index is 0.00748. The van der Waals surface area contributed by atoms with E-state index in [2.05, 4.69) is 4.98 Å². The lowest BCUT2D eigenvalue weighted by atomic mass is 10.3. The van der Waals surface area contributed by atoms with Crippen LogP contribution in [0.4, 0.5) is 5.69 Å². The van der Waals surface area contributed by atoms with Crippen molar-refractivity contribution in [3.05, 3.63) is 34.2 Å². The third-order valence-electron chi connectivity index (χ3n) is 1.74. The molecule has 0 aliphatic rings. The molecule has 0 saturated heterocycles. The van der Waals surface area contributed by atoms with Crippen LogP contribution >= 0.6 is 11.6 Å². The smallest absolute Gasteiger partial charge is 0.271 e. The van der Waals surface area contributed by atoms with Gasteiger partial charge in [-0.1, -0.05) is 0 Å². The zero-order valence-electron chi connectivity index (χ0n) is 6.94. The van der Waals surface area contributed by atoms with Gasteiger partial charge in [0.2, 0.25) is 5.89 Å². The van der Waals surface area contributed by atoms with Crippen molar-refractivity contribution in [3.63, 3.8) is 0 Å². The van der Waals surface area contributed by atoms with Crippen LogP contribution in [0.25, 0.3) is 11.1 Å². The maximum Gasteiger partial charge on any atom is 0.271 e. The zero-order valence-corrected chi connectivity index (χ0v) is 7.69. The number of rotatable bonds is 2. The first-order valence-electron chi connectivity index (χ1n) is 3.80. The van der Waals surface area contributed by atoms with Crippen LogP contribution in [0.1, 0.15) is 5.89 Å². The van der Waals surface area contributed by atoms with Crippen LogP contribution in [-0.4, -0.2) is 9.91 Å². The summed E-state index contributed by atoms with van der Waals surface area (Å²) in [7, 11) is 0. The first-order chi connectivity index (χ1) is 6.70. The fraction of sp³-hybridized carbons (Fsp3) is 0.125. The normalized spacial score (nSPS) is 10.6. The highest BCUT2D eigenvalue weighted by Crippen LogP contribution is 2.21. The Morgan fingerprint density at radius 1 is 1.57 bits per heavy atom. The fourth-order valence-electron chi connectivity index (χ4n) is 1.13. The lowest BCUT2D eigenvalue weighted by Crippen LogP contribution is -1.86. The number of nitro groups is 1. The van der Waals surface area contributed by atoms with Gasteiger partial charge >= 0.3 is 0 Å². The van der Waals surface area contributed by atoms with Crippen LogP contribution in [-0.2, 0) is 5.88 Å². The third kappa shape index (κ3) is 1.42. The number of halogens is 1. The van der Waals surface area contributed by atoms with Crippen LogP contribution in [0.3, 0.4) is 0 Å². The van der Waals surface area contributed by atoms with Crippen molar-refractivity contribution in [2.75, 3.05) is 0 Å². The number of alkyl halides is 1. The molecule has 6 heteroatoms. The van der Waals surface area contributed by atoms with Crippen molar-refractivity contribution in [2.45, 2.75) is 5.88 Å². The minimum atomic E-state index is -0.478. The predicted molar refractivity (Wildman–Crippen MR) is 50.2 cm³/mol. The van der Waals surface area contributed by atoms with E-state index in [4.69, 9.17) is 16.0 Å². The number of benzene rings is 1. The molecule has 72 valence electrons. The monoisotopic (exact) mass is 212 g/mol. The van der Waals surface area contributed by atoms with E-state index in [1.807, 2.05) is 0 Å². The minimum Gasteiger partial charge on any atom is -0.439 e. The first-order valence-corrected chi connectivity index (χ1v) is 4.34. The van der Waals surface area contributed by atoms with Gasteiger partial charge in [0.25, 0.3) is 5.69 Å². The molecule has 0 N–H and O–H groups in total. The summed E-state index contributed by atoms with van der Waals surface area (Å²) in [5.74, 6) is 0.518. The molecular formula is C8H5ClN2O3. The van der Waals surface area contributed by atoms with Crippen molar-refractivity contribution >= 4 is 28.4 Å². The second kappa shape index (κ2) is 3.26. The summed E-state index contributed by atoms with van der Waals surface area (Å²) in [6, 6.07) is 4.23. The molecule has 14 heavy (non-hydrogen) atoms. The summed E-state index contributed by atoms with van der Waals surface area (Å²) in [5, 5.41) is 10.4. The van der Waals surface area contributed by atoms with Gasteiger partial charge in [0.15, 0.2) is 5.58 Å². The summed E-state index contributed by atoms with van der Waals surface area (Å²) in [6.07, 6.45) is 0. The Balaban J connectivity index is 2.59. The average Bonchev–Trinajstić information content (AvgIpc) is 2.58. The quantitative estimate of drug-likeness (QED) is 0.436. The van der Waals surface area contributed by atoms with E-state index in [0.29, 0.717) is 17.0 Å². The van der Waals surface area contributed by atoms with Crippen LogP contribution in [0.15, 0.2) is 22.6 Å². The Morgan fingerprint density at radius 3 is 3.00 bits per heavy atom. The van der Waals surface area contributed by atoms with E-state index in [1.165, 1.54) is 18.2 Å². The molecular weight excluding hydrogens is 208 g/mol. The molecule has 2 aromatic rings. The van der Waals surface area contributed by atoms with E-state index < -0.39 is 4.92 Å². The maximum absolute atomic E-state index is 10.4. The number of fused-ring (bicyclic) bond motifs is 1. The number of oxazole rings is 1. The van der Waals surface area contributed by atoms with Crippen molar-refractivity contribution in [1.29, 1.82) is 0 Å². The molecule has 1 aromatic carbocycles. The second-order valence-electron chi connectivity index (χ2n) is 2.65. The highest BCUT2D eigenvalue weighted by molar-refractivity contribution is 6.16. The third-order valence-corrected chi connectivity index (χ3v) is 1.97. The van der Waals surface area contributed by atoms with Crippen molar-refractivity contribution < 1.29 is 9.34 Å². The molecule has 0 amide bonds. The predicted octanol–water partition coefficient (Wildman–Crippen LogP) is 2.47. The largest absolute Gasteiger partial charge is 0.439 e. The van der Waals surface area contributed by atoms with Crippen molar-refractivity contribution in [3.8, 4) is 0 Å². The van der Waals surface area contributed by atoms with Gasteiger partial charge in [0.05, 0.1) is 10.8 Å². The number of nitrogens with zero attached hydrogens (tertiary/aromatic N) is 2. The molecule has 0 unspecified atom stereocenters. The van der Waals surface area contributed by atoms with Crippen molar-refractivity contribution in [1.82, 2.24) is 4.98 Å². The number of aromatic nitrogens is 1. The molecule has 0 saturated carbocycles. The molecule has 1 heterocycles. The van der Waals surface area contributed by atoms with Gasteiger partial charge in [0.1, 0.15) is 5.52 Å².